The minimum absolute atomic E-state index is 0.000606. The molecular formula is C23H24O12. The Labute approximate surface area is 198 Å². The number of epoxide rings is 1. The van der Waals surface area contributed by atoms with Crippen molar-refractivity contribution in [1.82, 2.24) is 0 Å². The standard InChI is InChI=1S/C23H24O12/c24-8-16-18(30)19(31)20-21(33-16)32-15(17(29)9-1-3-11(25)13(27)5-9)7-23(22(34-20)35-23)10-2-4-12(26)14(28)6-10/h1-6,15-16,18-22,24-28,30-31H,7-8H2. The molecule has 7 N–H and O–H groups in total. The van der Waals surface area contributed by atoms with Crippen molar-refractivity contribution in [3.8, 4) is 23.0 Å². The van der Waals surface area contributed by atoms with Gasteiger partial charge in [-0.2, -0.15) is 0 Å². The first-order valence-electron chi connectivity index (χ1n) is 10.8. The van der Waals surface area contributed by atoms with E-state index in [1.807, 2.05) is 0 Å². The summed E-state index contributed by atoms with van der Waals surface area (Å²) in [5.41, 5.74) is -0.973. The first kappa shape index (κ1) is 23.8. The van der Waals surface area contributed by atoms with Gasteiger partial charge in [0.2, 0.25) is 0 Å². The Hall–Kier alpha value is -2.97. The van der Waals surface area contributed by atoms with Gasteiger partial charge in [-0.3, -0.25) is 4.79 Å². The Bertz CT molecular complexity index is 1140. The van der Waals surface area contributed by atoms with Gasteiger partial charge in [-0.1, -0.05) is 6.07 Å². The molecule has 2 aromatic rings. The van der Waals surface area contributed by atoms with Crippen LogP contribution in [0.15, 0.2) is 36.4 Å². The number of hydrogen-bond acceptors (Lipinski definition) is 12. The van der Waals surface area contributed by atoms with Gasteiger partial charge in [-0.05, 0) is 35.9 Å². The van der Waals surface area contributed by atoms with Crippen molar-refractivity contribution in [3.63, 3.8) is 0 Å². The van der Waals surface area contributed by atoms with Crippen LogP contribution >= 0.6 is 0 Å². The van der Waals surface area contributed by atoms with E-state index in [1.165, 1.54) is 24.3 Å². The summed E-state index contributed by atoms with van der Waals surface area (Å²) in [5, 5.41) is 69.6. The molecule has 188 valence electrons. The van der Waals surface area contributed by atoms with Crippen LogP contribution in [0.1, 0.15) is 22.3 Å². The van der Waals surface area contributed by atoms with Crippen LogP contribution in [-0.2, 0) is 24.5 Å². The van der Waals surface area contributed by atoms with Crippen LogP contribution in [0.2, 0.25) is 0 Å². The lowest BCUT2D eigenvalue weighted by molar-refractivity contribution is -0.324. The number of phenolic OH excluding ortho intramolecular Hbond substituents is 4. The van der Waals surface area contributed by atoms with Crippen LogP contribution in [0.4, 0.5) is 0 Å². The minimum Gasteiger partial charge on any atom is -0.504 e. The second kappa shape index (κ2) is 8.60. The number of carbonyl (C=O) groups excluding carboxylic acids is 1. The lowest BCUT2D eigenvalue weighted by Crippen LogP contribution is -2.62. The molecule has 8 atom stereocenters. The van der Waals surface area contributed by atoms with E-state index in [0.29, 0.717) is 5.56 Å². The molecule has 8 unspecified atom stereocenters. The number of ketones is 1. The number of aliphatic hydroxyl groups is 3. The van der Waals surface area contributed by atoms with E-state index in [9.17, 15) is 40.5 Å². The van der Waals surface area contributed by atoms with Crippen LogP contribution in [0.3, 0.4) is 0 Å². The molecule has 3 aliphatic rings. The fourth-order valence-electron chi connectivity index (χ4n) is 4.50. The molecule has 0 spiro atoms. The van der Waals surface area contributed by atoms with Crippen LogP contribution < -0.4 is 0 Å². The third-order valence-corrected chi connectivity index (χ3v) is 6.55. The summed E-state index contributed by atoms with van der Waals surface area (Å²) < 4.78 is 23.2. The molecule has 5 rings (SSSR count). The smallest absolute Gasteiger partial charge is 0.193 e. The van der Waals surface area contributed by atoms with Gasteiger partial charge in [0.1, 0.15) is 30.5 Å². The van der Waals surface area contributed by atoms with E-state index >= 15 is 0 Å². The Morgan fingerprint density at radius 1 is 0.886 bits per heavy atom. The second-order valence-electron chi connectivity index (χ2n) is 8.75. The quantitative estimate of drug-likeness (QED) is 0.165. The number of ether oxygens (including phenoxy) is 4. The van der Waals surface area contributed by atoms with Crippen LogP contribution in [-0.4, -0.2) is 91.2 Å². The summed E-state index contributed by atoms with van der Waals surface area (Å²) in [4.78, 5) is 13.4. The zero-order valence-corrected chi connectivity index (χ0v) is 18.1. The zero-order chi connectivity index (χ0) is 25.1. The number of benzene rings is 2. The molecule has 3 heterocycles. The molecule has 0 amide bonds. The zero-order valence-electron chi connectivity index (χ0n) is 18.1. The minimum atomic E-state index is -1.56. The van der Waals surface area contributed by atoms with Gasteiger partial charge in [0.15, 0.2) is 47.0 Å². The molecule has 12 heteroatoms. The van der Waals surface area contributed by atoms with Gasteiger partial charge < -0.3 is 54.7 Å². The van der Waals surface area contributed by atoms with Crippen LogP contribution in [0.5, 0.6) is 23.0 Å². The monoisotopic (exact) mass is 492 g/mol. The Morgan fingerprint density at radius 3 is 2.23 bits per heavy atom. The first-order valence-corrected chi connectivity index (χ1v) is 10.8. The average molecular weight is 492 g/mol. The number of aliphatic hydroxyl groups excluding tert-OH is 3. The number of fused-ring (bicyclic) bond motifs is 2. The maximum atomic E-state index is 13.4. The summed E-state index contributed by atoms with van der Waals surface area (Å²) in [5.74, 6) is -2.36. The predicted octanol–water partition coefficient (Wildman–Crippen LogP) is -0.443. The number of phenols is 4. The van der Waals surface area contributed by atoms with Crippen molar-refractivity contribution in [2.24, 2.45) is 0 Å². The summed E-state index contributed by atoms with van der Waals surface area (Å²) in [7, 11) is 0. The maximum Gasteiger partial charge on any atom is 0.193 e. The van der Waals surface area contributed by atoms with Gasteiger partial charge in [-0.15, -0.1) is 0 Å². The Kier molecular flexibility index (Phi) is 5.84. The normalized spacial score (nSPS) is 36.4. The van der Waals surface area contributed by atoms with Crippen molar-refractivity contribution in [3.05, 3.63) is 47.5 Å². The van der Waals surface area contributed by atoms with Crippen LogP contribution in [0.25, 0.3) is 0 Å². The van der Waals surface area contributed by atoms with Gasteiger partial charge >= 0.3 is 0 Å². The topological polar surface area (TPSA) is 199 Å². The number of aromatic hydroxyl groups is 4. The van der Waals surface area contributed by atoms with E-state index in [-0.39, 0.29) is 17.7 Å². The van der Waals surface area contributed by atoms with Crippen LogP contribution in [0, 0.1) is 0 Å². The molecule has 0 aromatic heterocycles. The number of rotatable bonds is 4. The molecule has 0 bridgehead atoms. The molecule has 35 heavy (non-hydrogen) atoms. The summed E-state index contributed by atoms with van der Waals surface area (Å²) in [6.45, 7) is -0.633. The number of Topliss-reactive ketones (excluding diaryl/α,β-unsaturated/α-hetero) is 1. The summed E-state index contributed by atoms with van der Waals surface area (Å²) in [6, 6.07) is 7.44. The van der Waals surface area contributed by atoms with Crippen molar-refractivity contribution < 1.29 is 59.5 Å². The molecule has 3 saturated heterocycles. The average Bonchev–Trinajstić information content (AvgIpc) is 3.51. The lowest BCUT2D eigenvalue weighted by Gasteiger charge is -2.43. The largest absolute Gasteiger partial charge is 0.504 e. The number of carbonyl (C=O) groups is 1. The van der Waals surface area contributed by atoms with Crippen molar-refractivity contribution in [2.45, 2.75) is 55.1 Å². The highest BCUT2D eigenvalue weighted by molar-refractivity contribution is 6.00. The van der Waals surface area contributed by atoms with E-state index in [0.717, 1.165) is 12.1 Å². The second-order valence-corrected chi connectivity index (χ2v) is 8.75. The molecular weight excluding hydrogens is 468 g/mol. The third kappa shape index (κ3) is 3.98. The lowest BCUT2D eigenvalue weighted by atomic mass is 9.88. The van der Waals surface area contributed by atoms with Gasteiger partial charge in [0.25, 0.3) is 0 Å². The summed E-state index contributed by atoms with van der Waals surface area (Å²) >= 11 is 0. The fourth-order valence-corrected chi connectivity index (χ4v) is 4.50. The molecule has 0 aliphatic carbocycles. The molecule has 0 radical (unpaired) electrons. The molecule has 3 aliphatic heterocycles. The molecule has 2 aromatic carbocycles. The van der Waals surface area contributed by atoms with E-state index < -0.39 is 78.3 Å². The van der Waals surface area contributed by atoms with Crippen molar-refractivity contribution in [1.29, 1.82) is 0 Å². The first-order chi connectivity index (χ1) is 16.6. The highest BCUT2D eigenvalue weighted by Gasteiger charge is 2.65. The van der Waals surface area contributed by atoms with Crippen molar-refractivity contribution >= 4 is 5.78 Å². The van der Waals surface area contributed by atoms with Gasteiger partial charge in [0, 0.05) is 12.0 Å². The van der Waals surface area contributed by atoms with E-state index in [2.05, 4.69) is 0 Å². The highest BCUT2D eigenvalue weighted by atomic mass is 16.8. The molecule has 12 nitrogen and oxygen atoms in total. The summed E-state index contributed by atoms with van der Waals surface area (Å²) in [6.07, 6.45) is -9.47. The highest BCUT2D eigenvalue weighted by Crippen LogP contribution is 2.54. The number of hydrogen-bond donors (Lipinski definition) is 7. The fraction of sp³-hybridized carbons (Fsp3) is 0.435. The third-order valence-electron chi connectivity index (χ3n) is 6.55. The predicted molar refractivity (Wildman–Crippen MR) is 113 cm³/mol. The van der Waals surface area contributed by atoms with Gasteiger partial charge in [-0.25, -0.2) is 0 Å². The SMILES string of the molecule is O=C(c1ccc(O)c(O)c1)C1CC2(c3ccc(O)c(O)c3)OC2OC2C(O1)OC(CO)C(O)C2O. The Morgan fingerprint density at radius 2 is 1.57 bits per heavy atom. The maximum absolute atomic E-state index is 13.4. The van der Waals surface area contributed by atoms with E-state index in [4.69, 9.17) is 18.9 Å². The molecule has 3 fully saturated rings. The Balaban J connectivity index is 1.54. The van der Waals surface area contributed by atoms with E-state index in [1.54, 1.807) is 0 Å². The molecule has 0 saturated carbocycles. The van der Waals surface area contributed by atoms with Gasteiger partial charge in [0.05, 0.1) is 6.61 Å². The van der Waals surface area contributed by atoms with Crippen molar-refractivity contribution in [2.75, 3.05) is 6.61 Å².